The third-order valence-corrected chi connectivity index (χ3v) is 3.21. The Morgan fingerprint density at radius 3 is 2.33 bits per heavy atom. The molecule has 2 N–H and O–H groups in total. The topological polar surface area (TPSA) is 43.1 Å². The summed E-state index contributed by atoms with van der Waals surface area (Å²) < 4.78 is 0. The lowest BCUT2D eigenvalue weighted by Gasteiger charge is -2.35. The number of carbonyl (C=O) groups excluding carboxylic acids is 1. The summed E-state index contributed by atoms with van der Waals surface area (Å²) in [6.45, 7) is 2.17. The second-order valence-corrected chi connectivity index (χ2v) is 4.06. The van der Waals surface area contributed by atoms with Crippen molar-refractivity contribution in [3.05, 3.63) is 0 Å². The highest BCUT2D eigenvalue weighted by Crippen LogP contribution is 2.41. The molecule has 0 aliphatic heterocycles. The van der Waals surface area contributed by atoms with Crippen LogP contribution in [-0.4, -0.2) is 5.91 Å². The molecule has 0 heterocycles. The third-order valence-electron chi connectivity index (χ3n) is 3.21. The van der Waals surface area contributed by atoms with E-state index in [0.29, 0.717) is 6.42 Å². The lowest BCUT2D eigenvalue weighted by molar-refractivity contribution is -0.120. The van der Waals surface area contributed by atoms with Crippen LogP contribution in [0.4, 0.5) is 0 Å². The molecule has 2 heteroatoms. The molecule has 1 saturated carbocycles. The Morgan fingerprint density at radius 2 is 1.92 bits per heavy atom. The van der Waals surface area contributed by atoms with Crippen LogP contribution in [0.3, 0.4) is 0 Å². The van der Waals surface area contributed by atoms with E-state index in [2.05, 4.69) is 6.92 Å². The predicted octanol–water partition coefficient (Wildman–Crippen LogP) is 2.22. The van der Waals surface area contributed by atoms with Gasteiger partial charge in [0.1, 0.15) is 0 Å². The minimum absolute atomic E-state index is 0.126. The molecule has 1 amide bonds. The van der Waals surface area contributed by atoms with Crippen LogP contribution in [-0.2, 0) is 4.79 Å². The normalized spacial score (nSPS) is 22.1. The average Bonchev–Trinajstić information content (AvgIpc) is 2.05. The fraction of sp³-hybridized carbons (Fsp3) is 0.900. The summed E-state index contributed by atoms with van der Waals surface area (Å²) in [5.74, 6) is -0.126. The quantitative estimate of drug-likeness (QED) is 0.691. The van der Waals surface area contributed by atoms with E-state index in [0.717, 1.165) is 6.42 Å². The lowest BCUT2D eigenvalue weighted by atomic mass is 9.70. The van der Waals surface area contributed by atoms with Gasteiger partial charge >= 0.3 is 0 Å². The Kier molecular flexibility index (Phi) is 3.12. The maximum Gasteiger partial charge on any atom is 0.217 e. The molecule has 70 valence electrons. The summed E-state index contributed by atoms with van der Waals surface area (Å²) in [6.07, 6.45) is 8.00. The fourth-order valence-corrected chi connectivity index (χ4v) is 2.33. The number of rotatable bonds is 3. The van der Waals surface area contributed by atoms with E-state index in [1.807, 2.05) is 0 Å². The van der Waals surface area contributed by atoms with Gasteiger partial charge in [-0.25, -0.2) is 0 Å². The molecule has 0 bridgehead atoms. The van der Waals surface area contributed by atoms with E-state index in [9.17, 15) is 4.79 Å². The van der Waals surface area contributed by atoms with Gasteiger partial charge in [-0.3, -0.25) is 4.79 Å². The van der Waals surface area contributed by atoms with Gasteiger partial charge in [-0.2, -0.15) is 0 Å². The van der Waals surface area contributed by atoms with Crippen molar-refractivity contribution in [1.82, 2.24) is 0 Å². The number of hydrogen-bond donors (Lipinski definition) is 1. The van der Waals surface area contributed by atoms with Crippen molar-refractivity contribution in [3.63, 3.8) is 0 Å². The highest BCUT2D eigenvalue weighted by Gasteiger charge is 2.31. The highest BCUT2D eigenvalue weighted by molar-refractivity contribution is 5.74. The van der Waals surface area contributed by atoms with Crippen LogP contribution < -0.4 is 5.73 Å². The second-order valence-electron chi connectivity index (χ2n) is 4.06. The molecule has 0 aromatic rings. The van der Waals surface area contributed by atoms with E-state index in [4.69, 9.17) is 5.73 Å². The number of hydrogen-bond acceptors (Lipinski definition) is 1. The average molecular weight is 169 g/mol. The maximum absolute atomic E-state index is 10.9. The fourth-order valence-electron chi connectivity index (χ4n) is 2.33. The number of nitrogens with two attached hydrogens (primary N) is 1. The molecule has 0 spiro atoms. The lowest BCUT2D eigenvalue weighted by Crippen LogP contribution is -2.29. The molecule has 0 radical (unpaired) electrons. The number of primary amides is 1. The summed E-state index contributed by atoms with van der Waals surface area (Å²) in [5.41, 5.74) is 5.51. The van der Waals surface area contributed by atoms with Gasteiger partial charge in [0.2, 0.25) is 5.91 Å². The summed E-state index contributed by atoms with van der Waals surface area (Å²) in [6, 6.07) is 0. The zero-order chi connectivity index (χ0) is 9.03. The van der Waals surface area contributed by atoms with E-state index in [1.54, 1.807) is 0 Å². The maximum atomic E-state index is 10.9. The van der Waals surface area contributed by atoms with Crippen molar-refractivity contribution in [3.8, 4) is 0 Å². The monoisotopic (exact) mass is 169 g/mol. The van der Waals surface area contributed by atoms with Gasteiger partial charge in [-0.05, 0) is 24.7 Å². The van der Waals surface area contributed by atoms with Gasteiger partial charge in [-0.15, -0.1) is 0 Å². The molecular formula is C10H19NO. The molecule has 1 fully saturated rings. The molecule has 0 unspecified atom stereocenters. The molecule has 0 aromatic heterocycles. The molecule has 1 aliphatic carbocycles. The van der Waals surface area contributed by atoms with Gasteiger partial charge in [0, 0.05) is 6.42 Å². The first-order chi connectivity index (χ1) is 5.68. The van der Waals surface area contributed by atoms with Crippen molar-refractivity contribution in [2.24, 2.45) is 11.1 Å². The third kappa shape index (κ3) is 2.23. The molecule has 0 aromatic carbocycles. The highest BCUT2D eigenvalue weighted by atomic mass is 16.1. The zero-order valence-electron chi connectivity index (χ0n) is 7.94. The Labute approximate surface area is 74.5 Å². The molecule has 12 heavy (non-hydrogen) atoms. The first-order valence-electron chi connectivity index (χ1n) is 4.97. The van der Waals surface area contributed by atoms with Gasteiger partial charge in [-0.1, -0.05) is 26.2 Å². The Morgan fingerprint density at radius 1 is 1.33 bits per heavy atom. The summed E-state index contributed by atoms with van der Waals surface area (Å²) in [7, 11) is 0. The van der Waals surface area contributed by atoms with Crippen LogP contribution in [0.15, 0.2) is 0 Å². The van der Waals surface area contributed by atoms with Crippen molar-refractivity contribution >= 4 is 5.91 Å². The first kappa shape index (κ1) is 9.56. The van der Waals surface area contributed by atoms with Crippen LogP contribution in [0.5, 0.6) is 0 Å². The Bertz CT molecular complexity index is 159. The van der Waals surface area contributed by atoms with Crippen LogP contribution in [0.25, 0.3) is 0 Å². The summed E-state index contributed by atoms with van der Waals surface area (Å²) in [4.78, 5) is 10.9. The minimum Gasteiger partial charge on any atom is -0.370 e. The van der Waals surface area contributed by atoms with Gasteiger partial charge < -0.3 is 5.73 Å². The number of amides is 1. The van der Waals surface area contributed by atoms with Crippen molar-refractivity contribution in [1.29, 1.82) is 0 Å². The smallest absolute Gasteiger partial charge is 0.217 e. The molecule has 1 aliphatic rings. The molecule has 2 nitrogen and oxygen atoms in total. The van der Waals surface area contributed by atoms with Crippen molar-refractivity contribution < 1.29 is 4.79 Å². The van der Waals surface area contributed by atoms with Gasteiger partial charge in [0.25, 0.3) is 0 Å². The van der Waals surface area contributed by atoms with E-state index < -0.39 is 0 Å². The standard InChI is InChI=1S/C10H19NO/c1-2-10(8-9(11)12)6-4-3-5-7-10/h2-8H2,1H3,(H2,11,12). The predicted molar refractivity (Wildman–Crippen MR) is 49.6 cm³/mol. The largest absolute Gasteiger partial charge is 0.370 e. The van der Waals surface area contributed by atoms with Crippen LogP contribution >= 0.6 is 0 Å². The molecular weight excluding hydrogens is 150 g/mol. The number of carbonyl (C=O) groups is 1. The van der Waals surface area contributed by atoms with Crippen LogP contribution in [0.1, 0.15) is 51.9 Å². The van der Waals surface area contributed by atoms with Crippen LogP contribution in [0.2, 0.25) is 0 Å². The summed E-state index contributed by atoms with van der Waals surface area (Å²) >= 11 is 0. The summed E-state index contributed by atoms with van der Waals surface area (Å²) in [5, 5.41) is 0. The minimum atomic E-state index is -0.126. The Hall–Kier alpha value is -0.530. The van der Waals surface area contributed by atoms with Crippen LogP contribution in [0, 0.1) is 5.41 Å². The molecule has 1 rings (SSSR count). The Balaban J connectivity index is 2.53. The van der Waals surface area contributed by atoms with Gasteiger partial charge in [0.15, 0.2) is 0 Å². The van der Waals surface area contributed by atoms with Crippen molar-refractivity contribution in [2.45, 2.75) is 51.9 Å². The SMILES string of the molecule is CCC1(CC(N)=O)CCCCC1. The zero-order valence-corrected chi connectivity index (χ0v) is 7.94. The van der Waals surface area contributed by atoms with Crippen molar-refractivity contribution in [2.75, 3.05) is 0 Å². The van der Waals surface area contributed by atoms with E-state index in [-0.39, 0.29) is 11.3 Å². The van der Waals surface area contributed by atoms with E-state index >= 15 is 0 Å². The first-order valence-corrected chi connectivity index (χ1v) is 4.97. The second kappa shape index (κ2) is 3.92. The van der Waals surface area contributed by atoms with Gasteiger partial charge in [0.05, 0.1) is 0 Å². The molecule has 0 saturated heterocycles. The van der Waals surface area contributed by atoms with E-state index in [1.165, 1.54) is 32.1 Å². The molecule has 0 atom stereocenters.